The van der Waals surface area contributed by atoms with Crippen LogP contribution < -0.4 is 9.64 Å². The van der Waals surface area contributed by atoms with Crippen LogP contribution in [0.15, 0.2) is 83.8 Å². The molecule has 0 radical (unpaired) electrons. The van der Waals surface area contributed by atoms with E-state index in [1.54, 1.807) is 6.08 Å². The van der Waals surface area contributed by atoms with E-state index in [9.17, 15) is 14.9 Å². The predicted molar refractivity (Wildman–Crippen MR) is 121 cm³/mol. The van der Waals surface area contributed by atoms with E-state index in [1.165, 1.54) is 29.2 Å². The summed E-state index contributed by atoms with van der Waals surface area (Å²) >= 11 is 1.05. The summed E-state index contributed by atoms with van der Waals surface area (Å²) in [6.45, 7) is 0.469. The zero-order valence-electron chi connectivity index (χ0n) is 16.2. The Bertz CT molecular complexity index is 1160. The van der Waals surface area contributed by atoms with E-state index in [-0.39, 0.29) is 16.8 Å². The van der Waals surface area contributed by atoms with Crippen LogP contribution in [0.4, 0.5) is 11.4 Å². The molecule has 1 aliphatic heterocycles. The van der Waals surface area contributed by atoms with E-state index in [1.807, 2.05) is 54.6 Å². The maximum atomic E-state index is 12.8. The number of nitro groups is 1. The monoisotopic (exact) mass is 431 g/mol. The molecule has 0 saturated carbocycles. The van der Waals surface area contributed by atoms with Crippen LogP contribution in [0.1, 0.15) is 11.1 Å². The van der Waals surface area contributed by atoms with Gasteiger partial charge < -0.3 is 4.74 Å². The van der Waals surface area contributed by atoms with Crippen molar-refractivity contribution in [3.05, 3.63) is 105 Å². The van der Waals surface area contributed by atoms with Gasteiger partial charge in [0.2, 0.25) is 0 Å². The third-order valence-corrected chi connectivity index (χ3v) is 5.46. The first-order valence-corrected chi connectivity index (χ1v) is 10.2. The molecule has 3 aromatic rings. The lowest BCUT2D eigenvalue weighted by Gasteiger charge is -2.13. The third-order valence-electron chi connectivity index (χ3n) is 4.57. The molecular weight excluding hydrogens is 414 g/mol. The molecular formula is C23H17N3O4S. The van der Waals surface area contributed by atoms with E-state index in [2.05, 4.69) is 0 Å². The second-order valence-electron chi connectivity index (χ2n) is 6.67. The molecule has 1 heterocycles. The molecule has 0 spiro atoms. The summed E-state index contributed by atoms with van der Waals surface area (Å²) < 4.78 is 5.77. The van der Waals surface area contributed by atoms with Crippen molar-refractivity contribution in [2.45, 2.75) is 6.61 Å². The molecule has 31 heavy (non-hydrogen) atoms. The van der Waals surface area contributed by atoms with E-state index in [4.69, 9.17) is 10.1 Å². The van der Waals surface area contributed by atoms with Crippen LogP contribution in [0.25, 0.3) is 6.08 Å². The van der Waals surface area contributed by atoms with Crippen LogP contribution >= 0.6 is 11.8 Å². The topological polar surface area (TPSA) is 96.5 Å². The smallest absolute Gasteiger partial charge is 0.271 e. The number of non-ortho nitro benzene ring substituents is 1. The summed E-state index contributed by atoms with van der Waals surface area (Å²) in [4.78, 5) is 24.8. The Morgan fingerprint density at radius 2 is 1.68 bits per heavy atom. The van der Waals surface area contributed by atoms with Gasteiger partial charge in [-0.15, -0.1) is 0 Å². The highest BCUT2D eigenvalue weighted by molar-refractivity contribution is 8.19. The zero-order chi connectivity index (χ0) is 21.8. The number of thioether (sulfide) groups is 1. The quantitative estimate of drug-likeness (QED) is 0.327. The molecule has 0 bridgehead atoms. The van der Waals surface area contributed by atoms with Gasteiger partial charge in [0.25, 0.3) is 11.6 Å². The van der Waals surface area contributed by atoms with Gasteiger partial charge in [0, 0.05) is 12.1 Å². The number of anilines is 1. The lowest BCUT2D eigenvalue weighted by Crippen LogP contribution is -2.28. The fraction of sp³-hybridized carbons (Fsp3) is 0.0435. The number of nitrogens with one attached hydrogen (secondary N) is 1. The minimum absolute atomic E-state index is 0.0490. The van der Waals surface area contributed by atoms with E-state index < -0.39 is 4.92 Å². The Hall–Kier alpha value is -3.91. The fourth-order valence-electron chi connectivity index (χ4n) is 3.00. The number of amidine groups is 1. The van der Waals surface area contributed by atoms with Gasteiger partial charge in [-0.25, -0.2) is 0 Å². The van der Waals surface area contributed by atoms with Crippen molar-refractivity contribution in [1.29, 1.82) is 5.41 Å². The third kappa shape index (κ3) is 4.65. The van der Waals surface area contributed by atoms with Gasteiger partial charge in [-0.3, -0.25) is 25.2 Å². The molecule has 7 nitrogen and oxygen atoms in total. The van der Waals surface area contributed by atoms with Crippen LogP contribution in [0.2, 0.25) is 0 Å². The van der Waals surface area contributed by atoms with Crippen LogP contribution in [-0.2, 0) is 11.4 Å². The molecule has 1 saturated heterocycles. The number of hydrogen-bond acceptors (Lipinski definition) is 6. The number of carbonyl (C=O) groups excluding carboxylic acids is 1. The molecule has 0 aliphatic carbocycles. The Labute approximate surface area is 182 Å². The lowest BCUT2D eigenvalue weighted by molar-refractivity contribution is -0.384. The normalized spacial score (nSPS) is 14.8. The van der Waals surface area contributed by atoms with Gasteiger partial charge in [-0.05, 0) is 53.2 Å². The maximum absolute atomic E-state index is 12.8. The van der Waals surface area contributed by atoms with Crippen LogP contribution in [0, 0.1) is 15.5 Å². The predicted octanol–water partition coefficient (Wildman–Crippen LogP) is 5.23. The average Bonchev–Trinajstić information content (AvgIpc) is 3.06. The Morgan fingerprint density at radius 1 is 1.00 bits per heavy atom. The SMILES string of the molecule is N=C1S/C(=C\c2ccc(OCc3ccccc3)cc2)C(=O)N1c1ccc([N+](=O)[O-])cc1. The summed E-state index contributed by atoms with van der Waals surface area (Å²) in [6, 6.07) is 22.8. The average molecular weight is 431 g/mol. The van der Waals surface area contributed by atoms with Crippen molar-refractivity contribution in [1.82, 2.24) is 0 Å². The minimum atomic E-state index is -0.506. The van der Waals surface area contributed by atoms with Crippen LogP contribution in [-0.4, -0.2) is 16.0 Å². The highest BCUT2D eigenvalue weighted by atomic mass is 32.2. The fourth-order valence-corrected chi connectivity index (χ4v) is 3.86. The standard InChI is InChI=1S/C23H17N3O4S/c24-23-25(18-8-10-19(11-9-18)26(28)29)22(27)21(31-23)14-16-6-12-20(13-7-16)30-15-17-4-2-1-3-5-17/h1-14,24H,15H2/b21-14-,24-23?. The summed E-state index contributed by atoms with van der Waals surface area (Å²) in [7, 11) is 0. The van der Waals surface area contributed by atoms with Gasteiger partial charge in [0.15, 0.2) is 5.17 Å². The number of nitro benzene ring substituents is 1. The molecule has 1 aliphatic rings. The largest absolute Gasteiger partial charge is 0.489 e. The molecule has 154 valence electrons. The first-order chi connectivity index (χ1) is 15.0. The van der Waals surface area contributed by atoms with Gasteiger partial charge in [0.05, 0.1) is 15.5 Å². The first kappa shape index (κ1) is 20.4. The first-order valence-electron chi connectivity index (χ1n) is 9.35. The number of carbonyl (C=O) groups is 1. The molecule has 3 aromatic carbocycles. The van der Waals surface area contributed by atoms with E-state index in [0.717, 1.165) is 28.6 Å². The van der Waals surface area contributed by atoms with Gasteiger partial charge >= 0.3 is 0 Å². The number of rotatable bonds is 6. The highest BCUT2D eigenvalue weighted by Gasteiger charge is 2.33. The number of hydrogen-bond donors (Lipinski definition) is 1. The van der Waals surface area contributed by atoms with Crippen molar-refractivity contribution in [2.24, 2.45) is 0 Å². The highest BCUT2D eigenvalue weighted by Crippen LogP contribution is 2.35. The van der Waals surface area contributed by atoms with Crippen LogP contribution in [0.5, 0.6) is 5.75 Å². The van der Waals surface area contributed by atoms with Gasteiger partial charge in [-0.2, -0.15) is 0 Å². The molecule has 1 amide bonds. The summed E-state index contributed by atoms with van der Waals surface area (Å²) in [6.07, 6.45) is 1.72. The lowest BCUT2D eigenvalue weighted by atomic mass is 10.2. The zero-order valence-corrected chi connectivity index (χ0v) is 17.0. The van der Waals surface area contributed by atoms with Crippen LogP contribution in [0.3, 0.4) is 0 Å². The Balaban J connectivity index is 1.45. The molecule has 1 fully saturated rings. The van der Waals surface area contributed by atoms with Crippen molar-refractivity contribution in [3.63, 3.8) is 0 Å². The Morgan fingerprint density at radius 3 is 2.32 bits per heavy atom. The van der Waals surface area contributed by atoms with Gasteiger partial charge in [0.1, 0.15) is 12.4 Å². The molecule has 8 heteroatoms. The summed E-state index contributed by atoms with van der Waals surface area (Å²) in [5.41, 5.74) is 2.23. The minimum Gasteiger partial charge on any atom is -0.489 e. The van der Waals surface area contributed by atoms with Crippen molar-refractivity contribution in [2.75, 3.05) is 4.90 Å². The molecule has 0 aromatic heterocycles. The Kier molecular flexibility index (Phi) is 5.81. The van der Waals surface area contributed by atoms with E-state index in [0.29, 0.717) is 17.2 Å². The summed E-state index contributed by atoms with van der Waals surface area (Å²) in [5, 5.41) is 19.0. The van der Waals surface area contributed by atoms with Crippen molar-refractivity contribution < 1.29 is 14.5 Å². The molecule has 0 atom stereocenters. The molecule has 4 rings (SSSR count). The summed E-state index contributed by atoms with van der Waals surface area (Å²) in [5.74, 6) is 0.380. The number of benzene rings is 3. The number of amides is 1. The number of ether oxygens (including phenoxy) is 1. The van der Waals surface area contributed by atoms with Gasteiger partial charge in [-0.1, -0.05) is 42.5 Å². The molecule has 0 unspecified atom stereocenters. The maximum Gasteiger partial charge on any atom is 0.271 e. The second-order valence-corrected chi connectivity index (χ2v) is 7.70. The van der Waals surface area contributed by atoms with E-state index >= 15 is 0 Å². The van der Waals surface area contributed by atoms with Crippen molar-refractivity contribution >= 4 is 40.3 Å². The molecule has 1 N–H and O–H groups in total. The number of nitrogens with zero attached hydrogens (tertiary/aromatic N) is 2. The second kappa shape index (κ2) is 8.85. The van der Waals surface area contributed by atoms with Crippen molar-refractivity contribution in [3.8, 4) is 5.75 Å².